The third-order valence-electron chi connectivity index (χ3n) is 2.78. The van der Waals surface area contributed by atoms with Gasteiger partial charge in [0.05, 0.1) is 30.6 Å². The number of benzene rings is 1. The van der Waals surface area contributed by atoms with E-state index in [9.17, 15) is 9.59 Å². The zero-order chi connectivity index (χ0) is 14.4. The fourth-order valence-corrected chi connectivity index (χ4v) is 1.79. The molecule has 1 aromatic rings. The Kier molecular flexibility index (Phi) is 5.17. The number of esters is 1. The molecule has 0 atom stereocenters. The summed E-state index contributed by atoms with van der Waals surface area (Å²) in [6.45, 7) is 2.56. The highest BCUT2D eigenvalue weighted by Crippen LogP contribution is 2.28. The van der Waals surface area contributed by atoms with E-state index in [1.165, 1.54) is 7.11 Å². The molecule has 1 amide bonds. The van der Waals surface area contributed by atoms with Gasteiger partial charge in [0.25, 0.3) is 0 Å². The molecule has 19 heavy (non-hydrogen) atoms. The number of nitrogen functional groups attached to an aromatic ring is 1. The number of nitrogens with zero attached hydrogens (tertiary/aromatic N) is 1. The molecule has 0 bridgehead atoms. The van der Waals surface area contributed by atoms with Gasteiger partial charge >= 0.3 is 5.97 Å². The standard InChI is InChI=1S/C13H19N3O3/c1-4-16(8-11(17)15-2)12-9(13(18)19-3)6-5-7-10(12)14/h5-7H,4,8,14H2,1-3H3,(H,15,17). The normalized spacial score (nSPS) is 9.84. The fraction of sp³-hybridized carbons (Fsp3) is 0.385. The Hall–Kier alpha value is -2.24. The van der Waals surface area contributed by atoms with Crippen molar-refractivity contribution in [3.05, 3.63) is 23.8 Å². The van der Waals surface area contributed by atoms with Gasteiger partial charge < -0.3 is 20.7 Å². The van der Waals surface area contributed by atoms with Gasteiger partial charge in [-0.25, -0.2) is 4.79 Å². The minimum atomic E-state index is -0.474. The molecule has 0 spiro atoms. The molecular formula is C13H19N3O3. The Bertz CT molecular complexity index is 474. The van der Waals surface area contributed by atoms with Crippen LogP contribution in [0, 0.1) is 0 Å². The van der Waals surface area contributed by atoms with Crippen LogP contribution in [0.2, 0.25) is 0 Å². The number of hydrogen-bond donors (Lipinski definition) is 2. The lowest BCUT2D eigenvalue weighted by Gasteiger charge is -2.25. The molecule has 1 aromatic carbocycles. The van der Waals surface area contributed by atoms with Crippen molar-refractivity contribution in [3.8, 4) is 0 Å². The molecule has 0 unspecified atom stereocenters. The number of rotatable bonds is 5. The fourth-order valence-electron chi connectivity index (χ4n) is 1.79. The number of amides is 1. The number of methoxy groups -OCH3 is 1. The lowest BCUT2D eigenvalue weighted by molar-refractivity contribution is -0.119. The average molecular weight is 265 g/mol. The van der Waals surface area contributed by atoms with Crippen molar-refractivity contribution < 1.29 is 14.3 Å². The van der Waals surface area contributed by atoms with Gasteiger partial charge in [-0.3, -0.25) is 4.79 Å². The number of carbonyl (C=O) groups excluding carboxylic acids is 2. The van der Waals surface area contributed by atoms with Crippen molar-refractivity contribution in [2.24, 2.45) is 0 Å². The molecule has 0 aliphatic heterocycles. The van der Waals surface area contributed by atoms with Gasteiger partial charge in [-0.1, -0.05) is 6.07 Å². The van der Waals surface area contributed by atoms with Gasteiger partial charge in [-0.05, 0) is 19.1 Å². The first-order valence-corrected chi connectivity index (χ1v) is 5.97. The SMILES string of the molecule is CCN(CC(=O)NC)c1c(N)cccc1C(=O)OC. The van der Waals surface area contributed by atoms with E-state index < -0.39 is 5.97 Å². The Morgan fingerprint density at radius 1 is 1.42 bits per heavy atom. The maximum absolute atomic E-state index is 11.8. The first-order valence-electron chi connectivity index (χ1n) is 5.97. The van der Waals surface area contributed by atoms with E-state index in [4.69, 9.17) is 10.5 Å². The van der Waals surface area contributed by atoms with E-state index in [1.807, 2.05) is 6.92 Å². The molecule has 6 heteroatoms. The van der Waals surface area contributed by atoms with Crippen LogP contribution in [0.3, 0.4) is 0 Å². The Morgan fingerprint density at radius 2 is 2.11 bits per heavy atom. The Labute approximate surface area is 112 Å². The lowest BCUT2D eigenvalue weighted by Crippen LogP contribution is -2.36. The van der Waals surface area contributed by atoms with Gasteiger partial charge in [-0.2, -0.15) is 0 Å². The highest BCUT2D eigenvalue weighted by Gasteiger charge is 2.20. The second-order valence-corrected chi connectivity index (χ2v) is 3.92. The molecule has 0 fully saturated rings. The monoisotopic (exact) mass is 265 g/mol. The zero-order valence-electron chi connectivity index (χ0n) is 11.4. The molecule has 0 radical (unpaired) electrons. The minimum absolute atomic E-state index is 0.130. The number of hydrogen-bond acceptors (Lipinski definition) is 5. The molecule has 104 valence electrons. The maximum atomic E-state index is 11.8. The molecule has 3 N–H and O–H groups in total. The van der Waals surface area contributed by atoms with Crippen LogP contribution in [0.5, 0.6) is 0 Å². The van der Waals surface area contributed by atoms with Crippen LogP contribution >= 0.6 is 0 Å². The summed E-state index contributed by atoms with van der Waals surface area (Å²) < 4.78 is 4.74. The third kappa shape index (κ3) is 3.37. The summed E-state index contributed by atoms with van der Waals surface area (Å²) in [5.41, 5.74) is 7.25. The first kappa shape index (κ1) is 14.8. The number of nitrogens with two attached hydrogens (primary N) is 1. The highest BCUT2D eigenvalue weighted by molar-refractivity contribution is 6.00. The molecule has 0 saturated carbocycles. The second kappa shape index (κ2) is 6.63. The van der Waals surface area contributed by atoms with Gasteiger partial charge in [0.1, 0.15) is 0 Å². The number of carbonyl (C=O) groups is 2. The Morgan fingerprint density at radius 3 is 2.63 bits per heavy atom. The molecule has 0 heterocycles. The summed E-state index contributed by atoms with van der Waals surface area (Å²) >= 11 is 0. The number of ether oxygens (including phenoxy) is 1. The lowest BCUT2D eigenvalue weighted by atomic mass is 10.1. The summed E-state index contributed by atoms with van der Waals surface area (Å²) in [6.07, 6.45) is 0. The zero-order valence-corrected chi connectivity index (χ0v) is 11.4. The van der Waals surface area contributed by atoms with Crippen LogP contribution in [-0.4, -0.2) is 39.1 Å². The van der Waals surface area contributed by atoms with Crippen LogP contribution in [0.15, 0.2) is 18.2 Å². The van der Waals surface area contributed by atoms with E-state index in [0.717, 1.165) is 0 Å². The van der Waals surface area contributed by atoms with Gasteiger partial charge in [0, 0.05) is 13.6 Å². The van der Waals surface area contributed by atoms with Crippen LogP contribution in [0.1, 0.15) is 17.3 Å². The van der Waals surface area contributed by atoms with Crippen LogP contribution in [0.25, 0.3) is 0 Å². The van der Waals surface area contributed by atoms with Crippen molar-refractivity contribution in [1.82, 2.24) is 5.32 Å². The van der Waals surface area contributed by atoms with Crippen LogP contribution < -0.4 is 16.0 Å². The van der Waals surface area contributed by atoms with Crippen molar-refractivity contribution in [2.45, 2.75) is 6.92 Å². The van der Waals surface area contributed by atoms with E-state index in [2.05, 4.69) is 5.32 Å². The van der Waals surface area contributed by atoms with Gasteiger partial charge in [-0.15, -0.1) is 0 Å². The molecule has 0 saturated heterocycles. The topological polar surface area (TPSA) is 84.7 Å². The number of likely N-dealkylation sites (N-methyl/N-ethyl adjacent to an activating group) is 2. The maximum Gasteiger partial charge on any atom is 0.340 e. The average Bonchev–Trinajstić information content (AvgIpc) is 2.43. The van der Waals surface area contributed by atoms with E-state index in [-0.39, 0.29) is 12.5 Å². The molecule has 1 rings (SSSR count). The summed E-state index contributed by atoms with van der Waals surface area (Å²) in [5, 5.41) is 2.54. The van der Waals surface area contributed by atoms with E-state index in [0.29, 0.717) is 23.5 Å². The highest BCUT2D eigenvalue weighted by atomic mass is 16.5. The summed E-state index contributed by atoms with van der Waals surface area (Å²) in [6, 6.07) is 5.00. The van der Waals surface area contributed by atoms with Gasteiger partial charge in [0.2, 0.25) is 5.91 Å². The first-order chi connectivity index (χ1) is 9.04. The number of anilines is 2. The number of nitrogens with one attached hydrogen (secondary N) is 1. The summed E-state index contributed by atoms with van der Waals surface area (Å²) in [5.74, 6) is -0.626. The predicted molar refractivity (Wildman–Crippen MR) is 74.1 cm³/mol. The second-order valence-electron chi connectivity index (χ2n) is 3.92. The van der Waals surface area contributed by atoms with Crippen molar-refractivity contribution in [2.75, 3.05) is 37.9 Å². The van der Waals surface area contributed by atoms with E-state index in [1.54, 1.807) is 30.1 Å². The molecule has 0 aromatic heterocycles. The van der Waals surface area contributed by atoms with Gasteiger partial charge in [0.15, 0.2) is 0 Å². The van der Waals surface area contributed by atoms with Crippen LogP contribution in [0.4, 0.5) is 11.4 Å². The Balaban J connectivity index is 3.21. The molecule has 0 aliphatic rings. The smallest absolute Gasteiger partial charge is 0.340 e. The third-order valence-corrected chi connectivity index (χ3v) is 2.78. The molecular weight excluding hydrogens is 246 g/mol. The minimum Gasteiger partial charge on any atom is -0.465 e. The molecule has 0 aliphatic carbocycles. The van der Waals surface area contributed by atoms with E-state index >= 15 is 0 Å². The largest absolute Gasteiger partial charge is 0.465 e. The quantitative estimate of drug-likeness (QED) is 0.602. The summed E-state index contributed by atoms with van der Waals surface area (Å²) in [4.78, 5) is 25.0. The summed E-state index contributed by atoms with van der Waals surface area (Å²) in [7, 11) is 2.87. The predicted octanol–water partition coefficient (Wildman–Crippen LogP) is 0.628. The van der Waals surface area contributed by atoms with Crippen molar-refractivity contribution in [1.29, 1.82) is 0 Å². The van der Waals surface area contributed by atoms with Crippen molar-refractivity contribution in [3.63, 3.8) is 0 Å². The van der Waals surface area contributed by atoms with Crippen molar-refractivity contribution >= 4 is 23.3 Å². The van der Waals surface area contributed by atoms with Crippen LogP contribution in [-0.2, 0) is 9.53 Å². The number of para-hydroxylation sites is 1. The molecule has 6 nitrogen and oxygen atoms in total.